The molecule has 4 nitrogen and oxygen atoms in total. The molecule has 0 spiro atoms. The van der Waals surface area contributed by atoms with Crippen LogP contribution in [-0.2, 0) is 4.79 Å². The Morgan fingerprint density at radius 3 is 2.75 bits per heavy atom. The molecule has 20 heavy (non-hydrogen) atoms. The van der Waals surface area contributed by atoms with Gasteiger partial charge in [-0.1, -0.05) is 31.5 Å². The summed E-state index contributed by atoms with van der Waals surface area (Å²) in [6.45, 7) is 2.93. The van der Waals surface area contributed by atoms with Crippen LogP contribution in [-0.4, -0.2) is 24.4 Å². The molecular formula is C15H21NO3S. The molecule has 2 N–H and O–H groups in total. The Morgan fingerprint density at radius 1 is 1.40 bits per heavy atom. The van der Waals surface area contributed by atoms with Crippen LogP contribution in [0.4, 0.5) is 0 Å². The van der Waals surface area contributed by atoms with Crippen molar-refractivity contribution < 1.29 is 20.0 Å². The lowest BCUT2D eigenvalue weighted by Gasteiger charge is -2.12. The van der Waals surface area contributed by atoms with Gasteiger partial charge in [-0.3, -0.25) is 0 Å². The van der Waals surface area contributed by atoms with Gasteiger partial charge in [0.05, 0.1) is 12.4 Å². The molecule has 0 aromatic heterocycles. The third kappa shape index (κ3) is 4.15. The zero-order valence-electron chi connectivity index (χ0n) is 11.7. The van der Waals surface area contributed by atoms with Gasteiger partial charge in [0.2, 0.25) is 0 Å². The quantitative estimate of drug-likeness (QED) is 0.751. The molecule has 0 radical (unpaired) electrons. The normalized spacial score (nSPS) is 21.9. The summed E-state index contributed by atoms with van der Waals surface area (Å²) in [6.07, 6.45) is 3.46. The summed E-state index contributed by atoms with van der Waals surface area (Å²) in [5, 5.41) is 12.8. The minimum absolute atomic E-state index is 0.145. The van der Waals surface area contributed by atoms with Crippen LogP contribution >= 0.6 is 11.8 Å². The smallest absolute Gasteiger partial charge is 0.159 e. The van der Waals surface area contributed by atoms with E-state index in [9.17, 15) is 9.90 Å². The fourth-order valence-electron chi connectivity index (χ4n) is 2.18. The van der Waals surface area contributed by atoms with E-state index in [2.05, 4.69) is 6.92 Å². The average Bonchev–Trinajstić information content (AvgIpc) is 2.94. The average molecular weight is 295 g/mol. The van der Waals surface area contributed by atoms with Crippen LogP contribution in [0.25, 0.3) is 0 Å². The van der Waals surface area contributed by atoms with Gasteiger partial charge in [-0.15, -0.1) is 0 Å². The van der Waals surface area contributed by atoms with Crippen LogP contribution in [0.1, 0.15) is 37.1 Å². The number of quaternary nitrogens is 1. The van der Waals surface area contributed by atoms with Crippen LogP contribution in [0, 0.1) is 0 Å². The van der Waals surface area contributed by atoms with Gasteiger partial charge in [0, 0.05) is 5.56 Å². The molecule has 0 saturated carbocycles. The third-order valence-electron chi connectivity index (χ3n) is 3.39. The highest BCUT2D eigenvalue weighted by Gasteiger charge is 2.30. The van der Waals surface area contributed by atoms with Crippen molar-refractivity contribution in [2.45, 2.75) is 37.6 Å². The minimum Gasteiger partial charge on any atom is -0.544 e. The zero-order valence-corrected chi connectivity index (χ0v) is 12.5. The van der Waals surface area contributed by atoms with E-state index in [1.54, 1.807) is 11.8 Å². The fraction of sp³-hybridized carbons (Fsp3) is 0.533. The van der Waals surface area contributed by atoms with Crippen LogP contribution < -0.4 is 15.2 Å². The van der Waals surface area contributed by atoms with Gasteiger partial charge >= 0.3 is 0 Å². The van der Waals surface area contributed by atoms with Crippen molar-refractivity contribution in [2.75, 3.05) is 12.4 Å². The summed E-state index contributed by atoms with van der Waals surface area (Å²) >= 11 is 1.65. The second-order valence-corrected chi connectivity index (χ2v) is 6.17. The number of aliphatic carboxylic acids is 1. The predicted molar refractivity (Wildman–Crippen MR) is 77.4 cm³/mol. The summed E-state index contributed by atoms with van der Waals surface area (Å²) < 4.78 is 5.66. The molecule has 0 unspecified atom stereocenters. The molecule has 1 aliphatic rings. The Labute approximate surface area is 123 Å². The number of thioether (sulfide) groups is 1. The molecule has 0 bridgehead atoms. The van der Waals surface area contributed by atoms with Gasteiger partial charge in [0.1, 0.15) is 17.8 Å². The Morgan fingerprint density at radius 2 is 2.15 bits per heavy atom. The number of ether oxygens (including phenoxy) is 1. The lowest BCUT2D eigenvalue weighted by atomic mass is 10.2. The van der Waals surface area contributed by atoms with Crippen molar-refractivity contribution in [1.29, 1.82) is 0 Å². The second-order valence-electron chi connectivity index (χ2n) is 5.00. The highest BCUT2D eigenvalue weighted by molar-refractivity contribution is 7.99. The number of carbonyl (C=O) groups is 1. The molecule has 1 saturated heterocycles. The third-order valence-corrected chi connectivity index (χ3v) is 4.73. The number of benzene rings is 1. The Hall–Kier alpha value is -1.20. The highest BCUT2D eigenvalue weighted by Crippen LogP contribution is 2.28. The maximum Gasteiger partial charge on any atom is 0.159 e. The predicted octanol–water partition coefficient (Wildman–Crippen LogP) is 0.683. The van der Waals surface area contributed by atoms with Crippen molar-refractivity contribution in [2.24, 2.45) is 0 Å². The van der Waals surface area contributed by atoms with E-state index < -0.39 is 12.0 Å². The van der Waals surface area contributed by atoms with Crippen molar-refractivity contribution in [3.63, 3.8) is 0 Å². The van der Waals surface area contributed by atoms with E-state index in [1.165, 1.54) is 12.8 Å². The lowest BCUT2D eigenvalue weighted by Crippen LogP contribution is -2.90. The van der Waals surface area contributed by atoms with E-state index in [0.717, 1.165) is 24.3 Å². The monoisotopic (exact) mass is 295 g/mol. The van der Waals surface area contributed by atoms with E-state index in [1.807, 2.05) is 29.6 Å². The summed E-state index contributed by atoms with van der Waals surface area (Å²) in [6, 6.07) is 7.52. The Balaban J connectivity index is 1.84. The molecule has 2 rings (SSSR count). The van der Waals surface area contributed by atoms with E-state index in [-0.39, 0.29) is 5.37 Å². The maximum absolute atomic E-state index is 10.8. The number of carbonyl (C=O) groups excluding carboxylic acids is 1. The van der Waals surface area contributed by atoms with E-state index >= 15 is 0 Å². The molecule has 0 aliphatic carbocycles. The molecule has 0 amide bonds. The molecule has 110 valence electrons. The number of nitrogens with two attached hydrogens (primary N) is 1. The summed E-state index contributed by atoms with van der Waals surface area (Å²) in [5.41, 5.74) is 1.12. The number of carboxylic acid groups (broad SMARTS) is 1. The molecule has 1 heterocycles. The summed E-state index contributed by atoms with van der Waals surface area (Å²) in [4.78, 5) is 10.8. The summed E-state index contributed by atoms with van der Waals surface area (Å²) in [7, 11) is 0. The Kier molecular flexibility index (Phi) is 5.73. The van der Waals surface area contributed by atoms with Gasteiger partial charge in [0.15, 0.2) is 5.37 Å². The molecule has 5 heteroatoms. The standard InChI is InChI=1S/C15H21NO3S/c1-2-3-4-9-19-12-7-5-11(6-8-12)14-16-13(10-20-14)15(17)18/h5-8,13-14,16H,2-4,9-10H2,1H3,(H,17,18)/t13-,14-/m0/s1. The van der Waals surface area contributed by atoms with Crippen LogP contribution in [0.2, 0.25) is 0 Å². The first-order valence-corrected chi connectivity index (χ1v) is 8.15. The lowest BCUT2D eigenvalue weighted by molar-refractivity contribution is -0.690. The molecule has 2 atom stereocenters. The first kappa shape index (κ1) is 15.2. The van der Waals surface area contributed by atoms with Crippen LogP contribution in [0.3, 0.4) is 0 Å². The van der Waals surface area contributed by atoms with Crippen molar-refractivity contribution in [3.05, 3.63) is 29.8 Å². The first-order chi connectivity index (χ1) is 9.70. The van der Waals surface area contributed by atoms with Gasteiger partial charge in [-0.2, -0.15) is 0 Å². The van der Waals surface area contributed by atoms with Crippen LogP contribution in [0.15, 0.2) is 24.3 Å². The second kappa shape index (κ2) is 7.55. The maximum atomic E-state index is 10.8. The van der Waals surface area contributed by atoms with Gasteiger partial charge in [-0.25, -0.2) is 0 Å². The number of unbranched alkanes of at least 4 members (excludes halogenated alkanes) is 2. The molecule has 1 aromatic carbocycles. The summed E-state index contributed by atoms with van der Waals surface area (Å²) in [5.74, 6) is 0.502. The van der Waals surface area contributed by atoms with Crippen LogP contribution in [0.5, 0.6) is 5.75 Å². The fourth-order valence-corrected chi connectivity index (χ4v) is 3.49. The van der Waals surface area contributed by atoms with Crippen molar-refractivity contribution in [1.82, 2.24) is 0 Å². The number of rotatable bonds is 7. The highest BCUT2D eigenvalue weighted by atomic mass is 32.2. The zero-order chi connectivity index (χ0) is 14.4. The van der Waals surface area contributed by atoms with Gasteiger partial charge in [-0.05, 0) is 30.7 Å². The minimum atomic E-state index is -0.976. The molecule has 1 aliphatic heterocycles. The number of hydrogen-bond acceptors (Lipinski definition) is 4. The molecular weight excluding hydrogens is 274 g/mol. The molecule has 1 aromatic rings. The van der Waals surface area contributed by atoms with E-state index in [4.69, 9.17) is 4.74 Å². The number of carboxylic acids is 1. The topological polar surface area (TPSA) is 66.0 Å². The molecule has 1 fully saturated rings. The van der Waals surface area contributed by atoms with Crippen molar-refractivity contribution >= 4 is 17.7 Å². The largest absolute Gasteiger partial charge is 0.544 e. The number of hydrogen-bond donors (Lipinski definition) is 1. The van der Waals surface area contributed by atoms with Crippen molar-refractivity contribution in [3.8, 4) is 5.75 Å². The first-order valence-electron chi connectivity index (χ1n) is 7.11. The van der Waals surface area contributed by atoms with Gasteiger partial charge in [0.25, 0.3) is 0 Å². The Bertz CT molecular complexity index is 435. The van der Waals surface area contributed by atoms with E-state index in [0.29, 0.717) is 5.75 Å². The SMILES string of the molecule is CCCCCOc1ccc([C@H]2[NH2+][C@H](C(=O)[O-])CS2)cc1. The van der Waals surface area contributed by atoms with Gasteiger partial charge < -0.3 is 20.0 Å².